The molecule has 14 nitrogen and oxygen atoms in total. The Labute approximate surface area is 184 Å². The number of carboxylic acid groups (broad SMARTS) is 1. The van der Waals surface area contributed by atoms with Crippen LogP contribution in [0, 0.1) is 5.92 Å². The van der Waals surface area contributed by atoms with Crippen LogP contribution in [0.5, 0.6) is 0 Å². The van der Waals surface area contributed by atoms with Crippen LogP contribution < -0.4 is 33.2 Å². The summed E-state index contributed by atoms with van der Waals surface area (Å²) >= 11 is 0. The predicted octanol–water partition coefficient (Wildman–Crippen LogP) is -3.97. The summed E-state index contributed by atoms with van der Waals surface area (Å²) in [7, 11) is 0. The van der Waals surface area contributed by atoms with Crippen LogP contribution in [0.4, 0.5) is 0 Å². The van der Waals surface area contributed by atoms with E-state index in [1.165, 1.54) is 0 Å². The first-order valence-electron chi connectivity index (χ1n) is 9.87. The average Bonchev–Trinajstić information content (AvgIpc) is 2.69. The van der Waals surface area contributed by atoms with E-state index in [9.17, 15) is 33.9 Å². The molecule has 4 atom stereocenters. The molecule has 0 aliphatic carbocycles. The summed E-state index contributed by atoms with van der Waals surface area (Å²) in [5.74, 6) is -5.97. The van der Waals surface area contributed by atoms with Crippen molar-refractivity contribution in [1.82, 2.24) is 16.0 Å². The number of rotatable bonds is 15. The van der Waals surface area contributed by atoms with Gasteiger partial charge in [-0.3, -0.25) is 24.0 Å². The Bertz CT molecular complexity index is 714. The van der Waals surface area contributed by atoms with Crippen molar-refractivity contribution in [3.8, 4) is 0 Å². The number of hydrogen-bond donors (Lipinski definition) is 8. The first kappa shape index (κ1) is 28.7. The SMILES string of the molecule is CC(C)C(NC(=O)C(CCC(N)=O)NC(=O)C(CCC(N)=O)NC(=O)C(N)CO)C(=O)O. The molecule has 32 heavy (non-hydrogen) atoms. The Kier molecular flexibility index (Phi) is 12.5. The van der Waals surface area contributed by atoms with E-state index in [0.29, 0.717) is 0 Å². The molecule has 4 unspecified atom stereocenters. The summed E-state index contributed by atoms with van der Waals surface area (Å²) in [6, 6.07) is -5.31. The van der Waals surface area contributed by atoms with E-state index < -0.39 is 72.2 Å². The number of aliphatic hydroxyl groups excluding tert-OH is 1. The second-order valence-corrected chi connectivity index (χ2v) is 7.49. The lowest BCUT2D eigenvalue weighted by Gasteiger charge is -2.25. The topological polar surface area (TPSA) is 257 Å². The normalized spacial score (nSPS) is 14.5. The Morgan fingerprint density at radius 1 is 0.781 bits per heavy atom. The van der Waals surface area contributed by atoms with Gasteiger partial charge in [0, 0.05) is 12.8 Å². The Morgan fingerprint density at radius 3 is 1.53 bits per heavy atom. The highest BCUT2D eigenvalue weighted by atomic mass is 16.4. The van der Waals surface area contributed by atoms with Gasteiger partial charge in [-0.25, -0.2) is 4.79 Å². The predicted molar refractivity (Wildman–Crippen MR) is 110 cm³/mol. The van der Waals surface area contributed by atoms with Gasteiger partial charge < -0.3 is 43.4 Å². The van der Waals surface area contributed by atoms with Gasteiger partial charge in [0.05, 0.1) is 6.61 Å². The summed E-state index contributed by atoms with van der Waals surface area (Å²) in [6.07, 6.45) is -1.08. The molecule has 0 heterocycles. The van der Waals surface area contributed by atoms with Crippen LogP contribution in [0.3, 0.4) is 0 Å². The number of carbonyl (C=O) groups excluding carboxylic acids is 5. The molecule has 0 saturated carbocycles. The zero-order valence-corrected chi connectivity index (χ0v) is 18.0. The number of amides is 5. The molecule has 0 aliphatic heterocycles. The van der Waals surface area contributed by atoms with Crippen LogP contribution in [0.2, 0.25) is 0 Å². The highest BCUT2D eigenvalue weighted by Gasteiger charge is 2.31. The lowest BCUT2D eigenvalue weighted by atomic mass is 10.0. The smallest absolute Gasteiger partial charge is 0.326 e. The monoisotopic (exact) mass is 460 g/mol. The Hall–Kier alpha value is -3.26. The maximum absolute atomic E-state index is 12.7. The van der Waals surface area contributed by atoms with Gasteiger partial charge in [-0.2, -0.15) is 0 Å². The zero-order chi connectivity index (χ0) is 25.0. The molecule has 0 aliphatic rings. The van der Waals surface area contributed by atoms with Crippen LogP contribution in [0.1, 0.15) is 39.5 Å². The minimum Gasteiger partial charge on any atom is -0.480 e. The molecule has 0 aromatic heterocycles. The molecule has 0 fully saturated rings. The van der Waals surface area contributed by atoms with Crippen molar-refractivity contribution < 1.29 is 39.0 Å². The number of primary amides is 2. The quantitative estimate of drug-likeness (QED) is 0.118. The molecule has 0 spiro atoms. The van der Waals surface area contributed by atoms with Crippen molar-refractivity contribution in [2.45, 2.75) is 63.7 Å². The van der Waals surface area contributed by atoms with Crippen molar-refractivity contribution in [3.05, 3.63) is 0 Å². The van der Waals surface area contributed by atoms with E-state index in [0.717, 1.165) is 0 Å². The molecule has 182 valence electrons. The minimum absolute atomic E-state index is 0.237. The number of carbonyl (C=O) groups is 6. The van der Waals surface area contributed by atoms with Crippen molar-refractivity contribution >= 4 is 35.5 Å². The molecule has 0 saturated heterocycles. The fourth-order valence-electron chi connectivity index (χ4n) is 2.51. The highest BCUT2D eigenvalue weighted by Crippen LogP contribution is 2.06. The van der Waals surface area contributed by atoms with Crippen molar-refractivity contribution in [2.24, 2.45) is 23.1 Å². The second-order valence-electron chi connectivity index (χ2n) is 7.49. The van der Waals surface area contributed by atoms with E-state index >= 15 is 0 Å². The van der Waals surface area contributed by atoms with E-state index in [2.05, 4.69) is 16.0 Å². The lowest BCUT2D eigenvalue weighted by Crippen LogP contribution is -2.58. The molecule has 0 rings (SSSR count). The summed E-state index contributed by atoms with van der Waals surface area (Å²) in [5.41, 5.74) is 15.6. The van der Waals surface area contributed by atoms with E-state index in [1.807, 2.05) is 0 Å². The van der Waals surface area contributed by atoms with E-state index in [-0.39, 0.29) is 25.7 Å². The second kappa shape index (κ2) is 13.9. The minimum atomic E-state index is -1.37. The van der Waals surface area contributed by atoms with Crippen LogP contribution in [0.25, 0.3) is 0 Å². The van der Waals surface area contributed by atoms with Crippen LogP contribution in [-0.4, -0.2) is 76.5 Å². The molecule has 0 radical (unpaired) electrons. The van der Waals surface area contributed by atoms with Crippen molar-refractivity contribution in [1.29, 1.82) is 0 Å². The van der Waals surface area contributed by atoms with Crippen molar-refractivity contribution in [2.75, 3.05) is 6.61 Å². The summed E-state index contributed by atoms with van der Waals surface area (Å²) in [6.45, 7) is 2.43. The molecule has 0 aromatic carbocycles. The molecular weight excluding hydrogens is 428 g/mol. The zero-order valence-electron chi connectivity index (χ0n) is 18.0. The number of aliphatic hydroxyl groups is 1. The highest BCUT2D eigenvalue weighted by molar-refractivity contribution is 5.94. The van der Waals surface area contributed by atoms with E-state index in [1.54, 1.807) is 13.8 Å². The molecule has 11 N–H and O–H groups in total. The molecule has 14 heteroatoms. The third-order valence-corrected chi connectivity index (χ3v) is 4.39. The fraction of sp³-hybridized carbons (Fsp3) is 0.667. The van der Waals surface area contributed by atoms with Gasteiger partial charge >= 0.3 is 5.97 Å². The number of nitrogens with two attached hydrogens (primary N) is 3. The van der Waals surface area contributed by atoms with Crippen molar-refractivity contribution in [3.63, 3.8) is 0 Å². The standard InChI is InChI=1S/C18H32N6O8/c1-8(2)14(18(31)32)24-17(30)11(4-6-13(21)27)23-16(29)10(3-5-12(20)26)22-15(28)9(19)7-25/h8-11,14,25H,3-7,19H2,1-2H3,(H2,20,26)(H2,21,27)(H,22,28)(H,23,29)(H,24,30)(H,31,32). The van der Waals surface area contributed by atoms with Gasteiger partial charge in [0.1, 0.15) is 24.2 Å². The van der Waals surface area contributed by atoms with Gasteiger partial charge in [0.15, 0.2) is 0 Å². The number of carboxylic acids is 1. The van der Waals surface area contributed by atoms with Crippen LogP contribution >= 0.6 is 0 Å². The first-order chi connectivity index (χ1) is 14.8. The van der Waals surface area contributed by atoms with Gasteiger partial charge in [-0.05, 0) is 18.8 Å². The van der Waals surface area contributed by atoms with Gasteiger partial charge in [-0.15, -0.1) is 0 Å². The maximum Gasteiger partial charge on any atom is 0.326 e. The van der Waals surface area contributed by atoms with Gasteiger partial charge in [-0.1, -0.05) is 13.8 Å². The molecule has 5 amide bonds. The molecule has 0 aromatic rings. The fourth-order valence-corrected chi connectivity index (χ4v) is 2.51. The van der Waals surface area contributed by atoms with Crippen LogP contribution in [0.15, 0.2) is 0 Å². The summed E-state index contributed by atoms with van der Waals surface area (Å²) < 4.78 is 0. The summed E-state index contributed by atoms with van der Waals surface area (Å²) in [4.78, 5) is 70.9. The summed E-state index contributed by atoms with van der Waals surface area (Å²) in [5, 5.41) is 25.1. The number of nitrogens with one attached hydrogen (secondary N) is 3. The van der Waals surface area contributed by atoms with E-state index in [4.69, 9.17) is 22.3 Å². The van der Waals surface area contributed by atoms with Gasteiger partial charge in [0.2, 0.25) is 29.5 Å². The Morgan fingerprint density at radius 2 is 1.19 bits per heavy atom. The first-order valence-corrected chi connectivity index (χ1v) is 9.87. The Balaban J connectivity index is 5.57. The maximum atomic E-state index is 12.7. The number of aliphatic carboxylic acids is 1. The largest absolute Gasteiger partial charge is 0.480 e. The lowest BCUT2D eigenvalue weighted by molar-refractivity contribution is -0.143. The van der Waals surface area contributed by atoms with Crippen LogP contribution in [-0.2, 0) is 28.8 Å². The molecule has 0 bridgehead atoms. The average molecular weight is 460 g/mol. The van der Waals surface area contributed by atoms with Gasteiger partial charge in [0.25, 0.3) is 0 Å². The third-order valence-electron chi connectivity index (χ3n) is 4.39. The molecular formula is C18H32N6O8. The number of hydrogen-bond acceptors (Lipinski definition) is 8. The third kappa shape index (κ3) is 10.7.